The van der Waals surface area contributed by atoms with Crippen molar-refractivity contribution in [2.45, 2.75) is 32.2 Å². The van der Waals surface area contributed by atoms with Gasteiger partial charge in [-0.3, -0.25) is 4.79 Å². The number of ether oxygens (including phenoxy) is 1. The molecule has 2 rings (SSSR count). The standard InChI is InChI=1S/C16H24N2O2/c1-12(9-10-17)16(19)18-11-3-4-15(18)13-5-7-14(20-2)8-6-13/h5-8,12,15H,3-4,9-11,17H2,1-2H3. The average Bonchev–Trinajstić information content (AvgIpc) is 2.96. The molecule has 4 nitrogen and oxygen atoms in total. The van der Waals surface area contributed by atoms with Gasteiger partial charge in [-0.2, -0.15) is 0 Å². The molecule has 0 aromatic heterocycles. The van der Waals surface area contributed by atoms with Crippen LogP contribution in [0, 0.1) is 5.92 Å². The first-order chi connectivity index (χ1) is 9.67. The summed E-state index contributed by atoms with van der Waals surface area (Å²) in [6.45, 7) is 3.39. The number of benzene rings is 1. The Balaban J connectivity index is 2.11. The number of hydrogen-bond donors (Lipinski definition) is 1. The van der Waals surface area contributed by atoms with Gasteiger partial charge >= 0.3 is 0 Å². The number of methoxy groups -OCH3 is 1. The van der Waals surface area contributed by atoms with Gasteiger partial charge in [0, 0.05) is 12.5 Å². The van der Waals surface area contributed by atoms with Crippen LogP contribution in [0.1, 0.15) is 37.8 Å². The molecule has 1 amide bonds. The monoisotopic (exact) mass is 276 g/mol. The molecule has 0 spiro atoms. The summed E-state index contributed by atoms with van der Waals surface area (Å²) in [5, 5.41) is 0. The molecule has 0 saturated carbocycles. The highest BCUT2D eigenvalue weighted by molar-refractivity contribution is 5.79. The van der Waals surface area contributed by atoms with E-state index in [1.165, 1.54) is 5.56 Å². The molecule has 2 unspecified atom stereocenters. The lowest BCUT2D eigenvalue weighted by molar-refractivity contribution is -0.136. The number of rotatable bonds is 5. The Labute approximate surface area is 120 Å². The minimum Gasteiger partial charge on any atom is -0.497 e. The number of amides is 1. The van der Waals surface area contributed by atoms with Crippen molar-refractivity contribution in [1.29, 1.82) is 0 Å². The highest BCUT2D eigenvalue weighted by Crippen LogP contribution is 2.34. The van der Waals surface area contributed by atoms with Crippen LogP contribution >= 0.6 is 0 Å². The molecule has 1 aliphatic heterocycles. The quantitative estimate of drug-likeness (QED) is 0.898. The Morgan fingerprint density at radius 1 is 1.45 bits per heavy atom. The summed E-state index contributed by atoms with van der Waals surface area (Å²) in [5.41, 5.74) is 6.75. The van der Waals surface area contributed by atoms with Crippen LogP contribution in [0.3, 0.4) is 0 Å². The predicted molar refractivity (Wildman–Crippen MR) is 79.5 cm³/mol. The van der Waals surface area contributed by atoms with Gasteiger partial charge in [-0.15, -0.1) is 0 Å². The minimum absolute atomic E-state index is 0.0128. The van der Waals surface area contributed by atoms with E-state index in [0.29, 0.717) is 6.54 Å². The molecule has 20 heavy (non-hydrogen) atoms. The highest BCUT2D eigenvalue weighted by Gasteiger charge is 2.31. The number of carbonyl (C=O) groups is 1. The van der Waals surface area contributed by atoms with Gasteiger partial charge in [0.05, 0.1) is 13.2 Å². The minimum atomic E-state index is 0.0128. The molecule has 1 heterocycles. The molecular formula is C16H24N2O2. The van der Waals surface area contributed by atoms with Gasteiger partial charge in [0.1, 0.15) is 5.75 Å². The van der Waals surface area contributed by atoms with E-state index in [4.69, 9.17) is 10.5 Å². The molecule has 1 aliphatic rings. The largest absolute Gasteiger partial charge is 0.497 e. The molecule has 1 fully saturated rings. The van der Waals surface area contributed by atoms with Crippen molar-refractivity contribution in [2.75, 3.05) is 20.2 Å². The van der Waals surface area contributed by atoms with E-state index in [1.807, 2.05) is 24.0 Å². The average molecular weight is 276 g/mol. The van der Waals surface area contributed by atoms with Crippen LogP contribution in [0.2, 0.25) is 0 Å². The summed E-state index contributed by atoms with van der Waals surface area (Å²) in [4.78, 5) is 14.5. The van der Waals surface area contributed by atoms with Crippen molar-refractivity contribution in [3.8, 4) is 5.75 Å². The molecule has 2 N–H and O–H groups in total. The second-order valence-corrected chi connectivity index (χ2v) is 5.44. The molecular weight excluding hydrogens is 252 g/mol. The van der Waals surface area contributed by atoms with Crippen LogP contribution in [0.15, 0.2) is 24.3 Å². The second kappa shape index (κ2) is 6.75. The topological polar surface area (TPSA) is 55.6 Å². The Morgan fingerprint density at radius 2 is 2.15 bits per heavy atom. The zero-order valence-electron chi connectivity index (χ0n) is 12.3. The Bertz CT molecular complexity index is 444. The summed E-state index contributed by atoms with van der Waals surface area (Å²) in [5.74, 6) is 1.09. The SMILES string of the molecule is COc1ccc(C2CCCN2C(=O)C(C)CCN)cc1. The van der Waals surface area contributed by atoms with E-state index in [-0.39, 0.29) is 17.9 Å². The maximum Gasteiger partial charge on any atom is 0.225 e. The zero-order chi connectivity index (χ0) is 14.5. The van der Waals surface area contributed by atoms with E-state index in [9.17, 15) is 4.79 Å². The van der Waals surface area contributed by atoms with Crippen LogP contribution in [0.25, 0.3) is 0 Å². The first-order valence-electron chi connectivity index (χ1n) is 7.32. The van der Waals surface area contributed by atoms with Crippen LogP contribution in [0.4, 0.5) is 0 Å². The van der Waals surface area contributed by atoms with Gasteiger partial charge < -0.3 is 15.4 Å². The Morgan fingerprint density at radius 3 is 2.75 bits per heavy atom. The molecule has 0 aliphatic carbocycles. The lowest BCUT2D eigenvalue weighted by atomic mass is 10.0. The van der Waals surface area contributed by atoms with Gasteiger partial charge in [0.15, 0.2) is 0 Å². The van der Waals surface area contributed by atoms with Gasteiger partial charge in [-0.25, -0.2) is 0 Å². The van der Waals surface area contributed by atoms with E-state index in [0.717, 1.165) is 31.6 Å². The van der Waals surface area contributed by atoms with Crippen LogP contribution in [-0.2, 0) is 4.79 Å². The van der Waals surface area contributed by atoms with Crippen molar-refractivity contribution in [3.63, 3.8) is 0 Å². The van der Waals surface area contributed by atoms with E-state index < -0.39 is 0 Å². The van der Waals surface area contributed by atoms with Crippen molar-refractivity contribution in [3.05, 3.63) is 29.8 Å². The van der Waals surface area contributed by atoms with Crippen molar-refractivity contribution in [2.24, 2.45) is 11.7 Å². The summed E-state index contributed by atoms with van der Waals surface area (Å²) < 4.78 is 5.18. The van der Waals surface area contributed by atoms with E-state index in [2.05, 4.69) is 12.1 Å². The maximum absolute atomic E-state index is 12.5. The molecule has 2 atom stereocenters. The molecule has 110 valence electrons. The third-order valence-electron chi connectivity index (χ3n) is 4.06. The third kappa shape index (κ3) is 3.12. The van der Waals surface area contributed by atoms with Gasteiger partial charge in [-0.1, -0.05) is 19.1 Å². The first-order valence-corrected chi connectivity index (χ1v) is 7.32. The molecule has 1 aromatic rings. The Hall–Kier alpha value is -1.55. The molecule has 0 radical (unpaired) electrons. The van der Waals surface area contributed by atoms with Gasteiger partial charge in [-0.05, 0) is 43.5 Å². The summed E-state index contributed by atoms with van der Waals surface area (Å²) in [6, 6.07) is 8.23. The predicted octanol–water partition coefficient (Wildman–Crippen LogP) is 2.34. The summed E-state index contributed by atoms with van der Waals surface area (Å²) >= 11 is 0. The smallest absolute Gasteiger partial charge is 0.225 e. The van der Waals surface area contributed by atoms with Crippen molar-refractivity contribution < 1.29 is 9.53 Å². The zero-order valence-corrected chi connectivity index (χ0v) is 12.3. The lowest BCUT2D eigenvalue weighted by Gasteiger charge is -2.28. The molecule has 1 aromatic carbocycles. The fourth-order valence-electron chi connectivity index (χ4n) is 2.86. The fourth-order valence-corrected chi connectivity index (χ4v) is 2.86. The second-order valence-electron chi connectivity index (χ2n) is 5.44. The maximum atomic E-state index is 12.5. The van der Waals surface area contributed by atoms with E-state index >= 15 is 0 Å². The summed E-state index contributed by atoms with van der Waals surface area (Å²) in [6.07, 6.45) is 2.86. The van der Waals surface area contributed by atoms with Gasteiger partial charge in [0.2, 0.25) is 5.91 Å². The number of nitrogens with two attached hydrogens (primary N) is 1. The van der Waals surface area contributed by atoms with Gasteiger partial charge in [0.25, 0.3) is 0 Å². The number of nitrogens with zero attached hydrogens (tertiary/aromatic N) is 1. The molecule has 1 saturated heterocycles. The number of hydrogen-bond acceptors (Lipinski definition) is 3. The summed E-state index contributed by atoms with van der Waals surface area (Å²) in [7, 11) is 1.66. The van der Waals surface area contributed by atoms with Crippen LogP contribution in [-0.4, -0.2) is 31.0 Å². The fraction of sp³-hybridized carbons (Fsp3) is 0.562. The highest BCUT2D eigenvalue weighted by atomic mass is 16.5. The van der Waals surface area contributed by atoms with E-state index in [1.54, 1.807) is 7.11 Å². The molecule has 0 bridgehead atoms. The first kappa shape index (κ1) is 14.9. The molecule has 4 heteroatoms. The number of likely N-dealkylation sites (tertiary alicyclic amines) is 1. The number of carbonyl (C=O) groups excluding carboxylic acids is 1. The third-order valence-corrected chi connectivity index (χ3v) is 4.06. The van der Waals surface area contributed by atoms with Crippen molar-refractivity contribution >= 4 is 5.91 Å². The van der Waals surface area contributed by atoms with Crippen LogP contribution in [0.5, 0.6) is 5.75 Å². The lowest BCUT2D eigenvalue weighted by Crippen LogP contribution is -2.35. The van der Waals surface area contributed by atoms with Crippen molar-refractivity contribution in [1.82, 2.24) is 4.90 Å². The normalized spacial score (nSPS) is 19.9. The Kier molecular flexibility index (Phi) is 5.01. The van der Waals surface area contributed by atoms with Crippen LogP contribution < -0.4 is 10.5 Å².